The van der Waals surface area contributed by atoms with E-state index in [9.17, 15) is 0 Å². The Balaban J connectivity index is 0.00000162. The summed E-state index contributed by atoms with van der Waals surface area (Å²) in [6.45, 7) is 6.49. The predicted molar refractivity (Wildman–Crippen MR) is 82.0 cm³/mol. The fourth-order valence-corrected chi connectivity index (χ4v) is 2.55. The molecular weight excluding hydrogens is 314 g/mol. The number of nitrogens with one attached hydrogen (secondary N) is 1. The lowest BCUT2D eigenvalue weighted by molar-refractivity contribution is 0.221. The highest BCUT2D eigenvalue weighted by Gasteiger charge is 2.17. The Kier molecular flexibility index (Phi) is 6.47. The van der Waals surface area contributed by atoms with Gasteiger partial charge in [0.25, 0.3) is 0 Å². The van der Waals surface area contributed by atoms with Crippen LogP contribution in [-0.4, -0.2) is 19.2 Å². The zero-order chi connectivity index (χ0) is 12.3. The molecule has 0 aromatic heterocycles. The molecular formula is C14H21BrClNO. The van der Waals surface area contributed by atoms with Gasteiger partial charge < -0.3 is 10.1 Å². The van der Waals surface area contributed by atoms with Gasteiger partial charge in [0.05, 0.1) is 4.47 Å². The van der Waals surface area contributed by atoms with Gasteiger partial charge in [0.2, 0.25) is 0 Å². The number of ether oxygens (including phenoxy) is 1. The molecule has 1 aromatic rings. The summed E-state index contributed by atoms with van der Waals surface area (Å²) in [5, 5.41) is 3.31. The highest BCUT2D eigenvalue weighted by Crippen LogP contribution is 2.31. The molecule has 1 aliphatic heterocycles. The van der Waals surface area contributed by atoms with Gasteiger partial charge in [-0.1, -0.05) is 19.9 Å². The van der Waals surface area contributed by atoms with E-state index in [1.54, 1.807) is 0 Å². The van der Waals surface area contributed by atoms with Crippen LogP contribution in [0.3, 0.4) is 0 Å². The summed E-state index contributed by atoms with van der Waals surface area (Å²) in [6.07, 6.45) is 2.58. The third-order valence-corrected chi connectivity index (χ3v) is 4.07. The predicted octanol–water partition coefficient (Wildman–Crippen LogP) is 4.13. The highest BCUT2D eigenvalue weighted by atomic mass is 79.9. The lowest BCUT2D eigenvalue weighted by Gasteiger charge is -2.16. The standard InChI is InChI=1S/C14H20BrNO.ClH/c1-3-10(2)11-4-5-14(13(15)8-11)17-12-6-7-16-9-12;/h4-5,8,10,12,16H,3,6-7,9H2,1-2H3;1H. The molecule has 2 atom stereocenters. The summed E-state index contributed by atoms with van der Waals surface area (Å²) in [4.78, 5) is 0. The van der Waals surface area contributed by atoms with Gasteiger partial charge in [0.15, 0.2) is 0 Å². The number of halogens is 2. The molecule has 0 spiro atoms. The fraction of sp³-hybridized carbons (Fsp3) is 0.571. The van der Waals surface area contributed by atoms with Crippen molar-refractivity contribution < 1.29 is 4.74 Å². The van der Waals surface area contributed by atoms with E-state index in [-0.39, 0.29) is 12.4 Å². The van der Waals surface area contributed by atoms with E-state index in [2.05, 4.69) is 53.3 Å². The topological polar surface area (TPSA) is 21.3 Å². The molecule has 0 radical (unpaired) electrons. The number of hydrogen-bond donors (Lipinski definition) is 1. The average Bonchev–Trinajstić information content (AvgIpc) is 2.83. The lowest BCUT2D eigenvalue weighted by Crippen LogP contribution is -2.19. The summed E-state index contributed by atoms with van der Waals surface area (Å²) in [7, 11) is 0. The third-order valence-electron chi connectivity index (χ3n) is 3.45. The molecule has 2 unspecified atom stereocenters. The third kappa shape index (κ3) is 3.87. The molecule has 1 N–H and O–H groups in total. The van der Waals surface area contributed by atoms with E-state index < -0.39 is 0 Å². The molecule has 0 saturated carbocycles. The van der Waals surface area contributed by atoms with Gasteiger partial charge in [-0.3, -0.25) is 0 Å². The summed E-state index contributed by atoms with van der Waals surface area (Å²) in [6, 6.07) is 6.45. The van der Waals surface area contributed by atoms with Crippen molar-refractivity contribution in [2.75, 3.05) is 13.1 Å². The average molecular weight is 335 g/mol. The first kappa shape index (κ1) is 15.8. The summed E-state index contributed by atoms with van der Waals surface area (Å²) < 4.78 is 7.04. The maximum Gasteiger partial charge on any atom is 0.133 e. The van der Waals surface area contributed by atoms with Crippen molar-refractivity contribution in [1.82, 2.24) is 5.32 Å². The minimum atomic E-state index is 0. The normalized spacial score (nSPS) is 20.3. The number of hydrogen-bond acceptors (Lipinski definition) is 2. The fourth-order valence-electron chi connectivity index (χ4n) is 2.06. The first-order valence-corrected chi connectivity index (χ1v) is 7.16. The van der Waals surface area contributed by atoms with Crippen molar-refractivity contribution >= 4 is 28.3 Å². The SMILES string of the molecule is CCC(C)c1ccc(OC2CCNC2)c(Br)c1.Cl. The molecule has 1 aromatic carbocycles. The van der Waals surface area contributed by atoms with Crippen LogP contribution in [0.2, 0.25) is 0 Å². The molecule has 2 nitrogen and oxygen atoms in total. The van der Waals surface area contributed by atoms with Crippen molar-refractivity contribution in [3.05, 3.63) is 28.2 Å². The molecule has 1 heterocycles. The Morgan fingerprint density at radius 2 is 2.28 bits per heavy atom. The van der Waals surface area contributed by atoms with Gasteiger partial charge in [0, 0.05) is 6.54 Å². The van der Waals surface area contributed by atoms with Gasteiger partial charge in [-0.2, -0.15) is 0 Å². The zero-order valence-electron chi connectivity index (χ0n) is 10.9. The van der Waals surface area contributed by atoms with Crippen LogP contribution >= 0.6 is 28.3 Å². The maximum absolute atomic E-state index is 5.97. The van der Waals surface area contributed by atoms with Crippen molar-refractivity contribution in [3.8, 4) is 5.75 Å². The van der Waals surface area contributed by atoms with Gasteiger partial charge in [0.1, 0.15) is 11.9 Å². The van der Waals surface area contributed by atoms with Crippen molar-refractivity contribution in [3.63, 3.8) is 0 Å². The Morgan fingerprint density at radius 1 is 1.50 bits per heavy atom. The maximum atomic E-state index is 5.97. The molecule has 0 bridgehead atoms. The van der Waals surface area contributed by atoms with Crippen molar-refractivity contribution in [1.29, 1.82) is 0 Å². The molecule has 4 heteroatoms. The quantitative estimate of drug-likeness (QED) is 0.894. The Bertz CT molecular complexity index is 380. The van der Waals surface area contributed by atoms with Crippen LogP contribution in [0.15, 0.2) is 22.7 Å². The largest absolute Gasteiger partial charge is 0.488 e. The summed E-state index contributed by atoms with van der Waals surface area (Å²) >= 11 is 3.61. The molecule has 102 valence electrons. The van der Waals surface area contributed by atoms with Crippen LogP contribution in [0.5, 0.6) is 5.75 Å². The lowest BCUT2D eigenvalue weighted by atomic mass is 9.99. The van der Waals surface area contributed by atoms with Crippen LogP contribution < -0.4 is 10.1 Å². The first-order valence-electron chi connectivity index (χ1n) is 6.37. The molecule has 18 heavy (non-hydrogen) atoms. The van der Waals surface area contributed by atoms with Crippen molar-refractivity contribution in [2.45, 2.75) is 38.7 Å². The van der Waals surface area contributed by atoms with E-state index in [0.717, 1.165) is 29.7 Å². The van der Waals surface area contributed by atoms with Crippen LogP contribution in [-0.2, 0) is 0 Å². The monoisotopic (exact) mass is 333 g/mol. The second-order valence-corrected chi connectivity index (χ2v) is 5.59. The van der Waals surface area contributed by atoms with Gasteiger partial charge in [-0.05, 0) is 58.9 Å². The van der Waals surface area contributed by atoms with Gasteiger partial charge in [-0.25, -0.2) is 0 Å². The van der Waals surface area contributed by atoms with Gasteiger partial charge >= 0.3 is 0 Å². The number of benzene rings is 1. The molecule has 1 saturated heterocycles. The van der Waals surface area contributed by atoms with E-state index in [1.165, 1.54) is 12.0 Å². The highest BCUT2D eigenvalue weighted by molar-refractivity contribution is 9.10. The Labute approximate surface area is 124 Å². The Morgan fingerprint density at radius 3 is 2.83 bits per heavy atom. The van der Waals surface area contributed by atoms with Crippen LogP contribution in [0, 0.1) is 0 Å². The molecule has 0 amide bonds. The summed E-state index contributed by atoms with van der Waals surface area (Å²) in [5.41, 5.74) is 1.37. The van der Waals surface area contributed by atoms with Crippen LogP contribution in [0.25, 0.3) is 0 Å². The smallest absolute Gasteiger partial charge is 0.133 e. The van der Waals surface area contributed by atoms with E-state index >= 15 is 0 Å². The molecule has 0 aliphatic carbocycles. The summed E-state index contributed by atoms with van der Waals surface area (Å²) in [5.74, 6) is 1.57. The Hall–Kier alpha value is -0.250. The minimum absolute atomic E-state index is 0. The minimum Gasteiger partial charge on any atom is -0.488 e. The van der Waals surface area contributed by atoms with Crippen LogP contribution in [0.1, 0.15) is 38.2 Å². The second-order valence-electron chi connectivity index (χ2n) is 4.73. The van der Waals surface area contributed by atoms with E-state index in [4.69, 9.17) is 4.74 Å². The molecule has 1 fully saturated rings. The second kappa shape index (κ2) is 7.37. The van der Waals surface area contributed by atoms with Crippen molar-refractivity contribution in [2.24, 2.45) is 0 Å². The van der Waals surface area contributed by atoms with Crippen LogP contribution in [0.4, 0.5) is 0 Å². The first-order chi connectivity index (χ1) is 8.20. The zero-order valence-corrected chi connectivity index (χ0v) is 13.3. The molecule has 1 aliphatic rings. The van der Waals surface area contributed by atoms with E-state index in [1.807, 2.05) is 0 Å². The number of rotatable bonds is 4. The molecule has 2 rings (SSSR count). The van der Waals surface area contributed by atoms with E-state index in [0.29, 0.717) is 12.0 Å². The van der Waals surface area contributed by atoms with Gasteiger partial charge in [-0.15, -0.1) is 12.4 Å².